The number of nitrogens with two attached hydrogens (primary N) is 1. The van der Waals surface area contributed by atoms with Crippen molar-refractivity contribution in [3.63, 3.8) is 0 Å². The van der Waals surface area contributed by atoms with Crippen molar-refractivity contribution in [2.45, 2.75) is 6.42 Å². The average Bonchev–Trinajstić information content (AvgIpc) is 2.57. The quantitative estimate of drug-likeness (QED) is 0.766. The number of nitrogens with one attached hydrogen (secondary N) is 1. The molecule has 2 aromatic heterocycles. The van der Waals surface area contributed by atoms with E-state index in [9.17, 15) is 0 Å². The number of aromatic nitrogens is 3. The van der Waals surface area contributed by atoms with E-state index >= 15 is 0 Å². The maximum Gasteiger partial charge on any atom is 0.161 e. The molecule has 5 heteroatoms. The van der Waals surface area contributed by atoms with Crippen molar-refractivity contribution < 1.29 is 0 Å². The van der Waals surface area contributed by atoms with E-state index in [1.807, 2.05) is 24.7 Å². The predicted octanol–water partition coefficient (Wildman–Crippen LogP) is 0.511. The van der Waals surface area contributed by atoms with Crippen LogP contribution in [-0.4, -0.2) is 28.1 Å². The Kier molecular flexibility index (Phi) is 2.55. The van der Waals surface area contributed by atoms with E-state index in [-0.39, 0.29) is 0 Å². The number of pyridine rings is 1. The molecule has 0 amide bonds. The van der Waals surface area contributed by atoms with E-state index in [2.05, 4.69) is 15.3 Å². The first-order valence-electron chi connectivity index (χ1n) is 4.96. The Bertz CT molecular complexity index is 474. The molecule has 2 rings (SSSR count). The summed E-state index contributed by atoms with van der Waals surface area (Å²) in [6.45, 7) is 0.603. The van der Waals surface area contributed by atoms with Crippen LogP contribution in [-0.2, 0) is 13.5 Å². The lowest BCUT2D eigenvalue weighted by Gasteiger charge is -2.00. The summed E-state index contributed by atoms with van der Waals surface area (Å²) in [6, 6.07) is 1.92. The van der Waals surface area contributed by atoms with Gasteiger partial charge in [-0.2, -0.15) is 0 Å². The maximum absolute atomic E-state index is 5.53. The molecule has 0 saturated carbocycles. The molecular formula is C10H15N5. The van der Waals surface area contributed by atoms with Gasteiger partial charge in [0.15, 0.2) is 5.65 Å². The van der Waals surface area contributed by atoms with Crippen LogP contribution in [0.15, 0.2) is 12.3 Å². The van der Waals surface area contributed by atoms with Crippen molar-refractivity contribution in [1.29, 1.82) is 0 Å². The number of imidazole rings is 1. The number of hydrogen-bond donors (Lipinski definition) is 2. The number of fused-ring (bicyclic) bond motifs is 1. The zero-order valence-corrected chi connectivity index (χ0v) is 8.99. The molecular weight excluding hydrogens is 190 g/mol. The molecule has 80 valence electrons. The number of hydrogen-bond acceptors (Lipinski definition) is 4. The van der Waals surface area contributed by atoms with Gasteiger partial charge in [0, 0.05) is 26.7 Å². The molecule has 3 N–H and O–H groups in total. The second-order valence-corrected chi connectivity index (χ2v) is 3.41. The third-order valence-electron chi connectivity index (χ3n) is 2.49. The summed E-state index contributed by atoms with van der Waals surface area (Å²) >= 11 is 0. The van der Waals surface area contributed by atoms with Crippen molar-refractivity contribution in [3.05, 3.63) is 18.1 Å². The molecule has 0 aromatic carbocycles. The van der Waals surface area contributed by atoms with Gasteiger partial charge in [-0.25, -0.2) is 9.97 Å². The first-order valence-corrected chi connectivity index (χ1v) is 4.96. The van der Waals surface area contributed by atoms with E-state index in [4.69, 9.17) is 5.73 Å². The third kappa shape index (κ3) is 1.55. The van der Waals surface area contributed by atoms with Gasteiger partial charge in [0.25, 0.3) is 0 Å². The molecule has 5 nitrogen and oxygen atoms in total. The number of rotatable bonds is 3. The summed E-state index contributed by atoms with van der Waals surface area (Å²) in [7, 11) is 3.85. The fourth-order valence-corrected chi connectivity index (χ4v) is 1.68. The zero-order valence-electron chi connectivity index (χ0n) is 8.99. The van der Waals surface area contributed by atoms with Gasteiger partial charge in [-0.3, -0.25) is 0 Å². The molecule has 0 aliphatic heterocycles. The Morgan fingerprint density at radius 2 is 2.33 bits per heavy atom. The van der Waals surface area contributed by atoms with Gasteiger partial charge in [0.05, 0.1) is 5.69 Å². The molecule has 0 fully saturated rings. The predicted molar refractivity (Wildman–Crippen MR) is 60.8 cm³/mol. The molecule has 0 radical (unpaired) electrons. The van der Waals surface area contributed by atoms with Gasteiger partial charge < -0.3 is 15.6 Å². The Hall–Kier alpha value is -1.62. The van der Waals surface area contributed by atoms with Crippen LogP contribution in [0, 0.1) is 0 Å². The van der Waals surface area contributed by atoms with Crippen LogP contribution in [0.25, 0.3) is 11.2 Å². The molecule has 0 atom stereocenters. The molecule has 0 bridgehead atoms. The van der Waals surface area contributed by atoms with E-state index in [1.165, 1.54) is 0 Å². The highest BCUT2D eigenvalue weighted by Crippen LogP contribution is 2.20. The molecule has 0 aliphatic rings. The third-order valence-corrected chi connectivity index (χ3v) is 2.49. The highest BCUT2D eigenvalue weighted by molar-refractivity contribution is 5.85. The van der Waals surface area contributed by atoms with Crippen LogP contribution >= 0.6 is 0 Å². The Labute approximate surface area is 88.3 Å². The van der Waals surface area contributed by atoms with Gasteiger partial charge in [-0.1, -0.05) is 0 Å². The topological polar surface area (TPSA) is 68.8 Å². The minimum atomic E-state index is 0.603. The Balaban J connectivity index is 2.64. The van der Waals surface area contributed by atoms with Gasteiger partial charge >= 0.3 is 0 Å². The molecule has 0 spiro atoms. The van der Waals surface area contributed by atoms with Crippen molar-refractivity contribution in [3.8, 4) is 0 Å². The molecule has 2 heterocycles. The summed E-state index contributed by atoms with van der Waals surface area (Å²) in [6.07, 6.45) is 2.55. The van der Waals surface area contributed by atoms with Gasteiger partial charge in [0.2, 0.25) is 0 Å². The van der Waals surface area contributed by atoms with Gasteiger partial charge in [0.1, 0.15) is 11.3 Å². The zero-order chi connectivity index (χ0) is 10.8. The smallest absolute Gasteiger partial charge is 0.161 e. The van der Waals surface area contributed by atoms with Gasteiger partial charge in [-0.15, -0.1) is 0 Å². The standard InChI is InChI=1S/C10H15N5/c1-12-7-4-6-13-10-9(7)14-8(3-5-11)15(10)2/h4,6H,3,5,11H2,1-2H3,(H,12,13). The minimum absolute atomic E-state index is 0.603. The van der Waals surface area contributed by atoms with E-state index < -0.39 is 0 Å². The second kappa shape index (κ2) is 3.86. The van der Waals surface area contributed by atoms with Crippen molar-refractivity contribution in [1.82, 2.24) is 14.5 Å². The molecule has 15 heavy (non-hydrogen) atoms. The highest BCUT2D eigenvalue weighted by atomic mass is 15.1. The van der Waals surface area contributed by atoms with E-state index in [1.54, 1.807) is 6.20 Å². The normalized spacial score (nSPS) is 10.9. The summed E-state index contributed by atoms with van der Waals surface area (Å²) in [5.41, 5.74) is 8.33. The lowest BCUT2D eigenvalue weighted by molar-refractivity contribution is 0.788. The Morgan fingerprint density at radius 3 is 3.00 bits per heavy atom. The molecule has 2 aromatic rings. The fourth-order valence-electron chi connectivity index (χ4n) is 1.68. The average molecular weight is 205 g/mol. The Morgan fingerprint density at radius 1 is 1.53 bits per heavy atom. The molecule has 0 aliphatic carbocycles. The van der Waals surface area contributed by atoms with Crippen molar-refractivity contribution in [2.75, 3.05) is 18.9 Å². The van der Waals surface area contributed by atoms with Crippen LogP contribution in [0.2, 0.25) is 0 Å². The van der Waals surface area contributed by atoms with Crippen LogP contribution in [0.3, 0.4) is 0 Å². The minimum Gasteiger partial charge on any atom is -0.386 e. The van der Waals surface area contributed by atoms with Crippen molar-refractivity contribution in [2.24, 2.45) is 12.8 Å². The van der Waals surface area contributed by atoms with Crippen LogP contribution in [0.4, 0.5) is 5.69 Å². The largest absolute Gasteiger partial charge is 0.386 e. The fraction of sp³-hybridized carbons (Fsp3) is 0.400. The van der Waals surface area contributed by atoms with Crippen LogP contribution in [0.5, 0.6) is 0 Å². The summed E-state index contributed by atoms with van der Waals surface area (Å²) in [5.74, 6) is 0.975. The SMILES string of the molecule is CNc1ccnc2c1nc(CCN)n2C. The van der Waals surface area contributed by atoms with Crippen LogP contribution < -0.4 is 11.1 Å². The number of nitrogens with zero attached hydrogens (tertiary/aromatic N) is 3. The first-order chi connectivity index (χ1) is 7.27. The van der Waals surface area contributed by atoms with E-state index in [0.717, 1.165) is 29.1 Å². The summed E-state index contributed by atoms with van der Waals surface area (Å²) in [4.78, 5) is 8.84. The van der Waals surface area contributed by atoms with Gasteiger partial charge in [-0.05, 0) is 12.6 Å². The monoisotopic (exact) mass is 205 g/mol. The molecule has 0 saturated heterocycles. The number of anilines is 1. The lowest BCUT2D eigenvalue weighted by atomic mass is 10.3. The maximum atomic E-state index is 5.53. The highest BCUT2D eigenvalue weighted by Gasteiger charge is 2.10. The second-order valence-electron chi connectivity index (χ2n) is 3.41. The van der Waals surface area contributed by atoms with Crippen LogP contribution in [0.1, 0.15) is 5.82 Å². The summed E-state index contributed by atoms with van der Waals surface area (Å²) in [5, 5.41) is 3.11. The number of aryl methyl sites for hydroxylation is 1. The lowest BCUT2D eigenvalue weighted by Crippen LogP contribution is -2.07. The van der Waals surface area contributed by atoms with Crippen molar-refractivity contribution >= 4 is 16.9 Å². The molecule has 0 unspecified atom stereocenters. The summed E-state index contributed by atoms with van der Waals surface area (Å²) < 4.78 is 1.99. The van der Waals surface area contributed by atoms with E-state index in [0.29, 0.717) is 6.54 Å². The first kappa shape index (κ1) is 9.92.